The van der Waals surface area contributed by atoms with Gasteiger partial charge in [0.25, 0.3) is 0 Å². The largest absolute Gasteiger partial charge is 0.208 e. The Hall–Kier alpha value is -8.01. The second-order valence-electron chi connectivity index (χ2n) is 14.8. The van der Waals surface area contributed by atoms with Crippen LogP contribution in [0.3, 0.4) is 0 Å². The predicted molar refractivity (Wildman–Crippen MR) is 249 cm³/mol. The highest BCUT2D eigenvalue weighted by molar-refractivity contribution is 6.07. The minimum Gasteiger partial charge on any atom is -0.208 e. The van der Waals surface area contributed by atoms with Crippen LogP contribution in [0, 0.1) is 0 Å². The van der Waals surface area contributed by atoms with E-state index in [-0.39, 0.29) is 0 Å². The van der Waals surface area contributed by atoms with Crippen molar-refractivity contribution in [2.24, 2.45) is 0 Å². The fourth-order valence-corrected chi connectivity index (χ4v) is 8.11. The molecule has 1 aromatic heterocycles. The molecule has 0 aliphatic heterocycles. The van der Waals surface area contributed by atoms with Gasteiger partial charge in [-0.25, -0.2) is 15.0 Å². The maximum atomic E-state index is 5.21. The zero-order valence-corrected chi connectivity index (χ0v) is 32.9. The third kappa shape index (κ3) is 7.32. The van der Waals surface area contributed by atoms with Crippen LogP contribution in [0.2, 0.25) is 0 Å². The van der Waals surface area contributed by atoms with Crippen LogP contribution in [0.4, 0.5) is 0 Å². The fraction of sp³-hybridized carbons (Fsp3) is 0. The van der Waals surface area contributed by atoms with Gasteiger partial charge in [-0.15, -0.1) is 0 Å². The van der Waals surface area contributed by atoms with Crippen LogP contribution in [-0.2, 0) is 0 Å². The highest BCUT2D eigenvalue weighted by Crippen LogP contribution is 2.51. The molecule has 60 heavy (non-hydrogen) atoms. The maximum absolute atomic E-state index is 5.21. The Bertz CT molecular complexity index is 2970. The van der Waals surface area contributed by atoms with Crippen molar-refractivity contribution in [1.29, 1.82) is 0 Å². The molecule has 0 radical (unpaired) electrons. The molecule has 282 valence electrons. The van der Waals surface area contributed by atoms with Crippen LogP contribution < -0.4 is 0 Å². The maximum Gasteiger partial charge on any atom is 0.164 e. The molecule has 0 saturated carbocycles. The molecular weight excluding hydrogens is 727 g/mol. The molecule has 0 fully saturated rings. The monoisotopic (exact) mass is 765 g/mol. The van der Waals surface area contributed by atoms with Crippen molar-refractivity contribution >= 4 is 0 Å². The molecule has 10 rings (SSSR count). The molecule has 0 saturated heterocycles. The van der Waals surface area contributed by atoms with Gasteiger partial charge >= 0.3 is 0 Å². The smallest absolute Gasteiger partial charge is 0.164 e. The van der Waals surface area contributed by atoms with Gasteiger partial charge in [-0.3, -0.25) is 0 Å². The minimum atomic E-state index is 0.607. The van der Waals surface area contributed by atoms with Crippen molar-refractivity contribution < 1.29 is 0 Å². The van der Waals surface area contributed by atoms with E-state index >= 15 is 0 Å². The van der Waals surface area contributed by atoms with Crippen LogP contribution in [0.15, 0.2) is 237 Å². The average molecular weight is 766 g/mol. The summed E-state index contributed by atoms with van der Waals surface area (Å²) < 4.78 is 0. The molecule has 0 unspecified atom stereocenters. The lowest BCUT2D eigenvalue weighted by molar-refractivity contribution is 1.07. The fourth-order valence-electron chi connectivity index (χ4n) is 8.11. The first-order valence-corrected chi connectivity index (χ1v) is 20.3. The third-order valence-electron chi connectivity index (χ3n) is 10.9. The van der Waals surface area contributed by atoms with E-state index in [9.17, 15) is 0 Å². The summed E-state index contributed by atoms with van der Waals surface area (Å²) in [5, 5.41) is 0. The molecule has 0 N–H and O–H groups in total. The van der Waals surface area contributed by atoms with Crippen molar-refractivity contribution in [2.45, 2.75) is 0 Å². The van der Waals surface area contributed by atoms with E-state index < -0.39 is 0 Å². The Morgan fingerprint density at radius 2 is 0.467 bits per heavy atom. The Kier molecular flexibility index (Phi) is 9.97. The van der Waals surface area contributed by atoms with Gasteiger partial charge in [0.1, 0.15) is 0 Å². The standard InChI is InChI=1S/C57H39N3/c1-8-22-40(23-9-1)47-36-48(38-49(37-47)57-59-55(45-32-18-6-19-33-45)58-56(60-57)46-34-20-7-21-35-46)51-39-50(41-24-10-2-11-25-41)52(42-26-12-3-13-27-42)54(44-30-16-5-17-31-44)53(51)43-28-14-4-15-29-43/h1-39H. The van der Waals surface area contributed by atoms with Gasteiger partial charge in [-0.2, -0.15) is 0 Å². The van der Waals surface area contributed by atoms with Gasteiger partial charge in [0.05, 0.1) is 0 Å². The van der Waals surface area contributed by atoms with Crippen molar-refractivity contribution in [1.82, 2.24) is 15.0 Å². The van der Waals surface area contributed by atoms with Gasteiger partial charge in [-0.1, -0.05) is 212 Å². The Morgan fingerprint density at radius 3 is 0.883 bits per heavy atom. The van der Waals surface area contributed by atoms with E-state index in [2.05, 4.69) is 200 Å². The summed E-state index contributed by atoms with van der Waals surface area (Å²) in [6.45, 7) is 0. The van der Waals surface area contributed by atoms with Gasteiger partial charge in [0.15, 0.2) is 17.5 Å². The van der Waals surface area contributed by atoms with Gasteiger partial charge in [0, 0.05) is 16.7 Å². The zero-order chi connectivity index (χ0) is 40.1. The summed E-state index contributed by atoms with van der Waals surface area (Å²) >= 11 is 0. The molecular formula is C57H39N3. The first-order chi connectivity index (χ1) is 29.8. The summed E-state index contributed by atoms with van der Waals surface area (Å²) in [4.78, 5) is 15.4. The van der Waals surface area contributed by atoms with E-state index in [0.29, 0.717) is 17.5 Å². The first-order valence-electron chi connectivity index (χ1n) is 20.3. The Balaban J connectivity index is 1.33. The summed E-state index contributed by atoms with van der Waals surface area (Å²) in [6.07, 6.45) is 0. The molecule has 1 heterocycles. The molecule has 0 spiro atoms. The zero-order valence-electron chi connectivity index (χ0n) is 32.9. The van der Waals surface area contributed by atoms with Crippen LogP contribution >= 0.6 is 0 Å². The van der Waals surface area contributed by atoms with Crippen LogP contribution in [0.5, 0.6) is 0 Å². The topological polar surface area (TPSA) is 38.7 Å². The number of benzene rings is 9. The molecule has 0 atom stereocenters. The molecule has 3 heteroatoms. The quantitative estimate of drug-likeness (QED) is 0.147. The van der Waals surface area contributed by atoms with E-state index in [4.69, 9.17) is 15.0 Å². The average Bonchev–Trinajstić information content (AvgIpc) is 3.35. The second-order valence-corrected chi connectivity index (χ2v) is 14.8. The van der Waals surface area contributed by atoms with Crippen LogP contribution in [-0.4, -0.2) is 15.0 Å². The first kappa shape index (κ1) is 36.3. The number of hydrogen-bond acceptors (Lipinski definition) is 3. The van der Waals surface area contributed by atoms with Gasteiger partial charge in [0.2, 0.25) is 0 Å². The Labute approximate surface area is 351 Å². The molecule has 0 amide bonds. The van der Waals surface area contributed by atoms with Gasteiger partial charge < -0.3 is 0 Å². The number of aromatic nitrogens is 3. The third-order valence-corrected chi connectivity index (χ3v) is 10.9. The predicted octanol–water partition coefficient (Wildman–Crippen LogP) is 14.9. The molecule has 3 nitrogen and oxygen atoms in total. The molecule has 0 bridgehead atoms. The molecule has 0 aliphatic rings. The van der Waals surface area contributed by atoms with E-state index in [0.717, 1.165) is 72.3 Å². The van der Waals surface area contributed by atoms with E-state index in [1.807, 2.05) is 36.4 Å². The SMILES string of the molecule is c1ccc(-c2cc(-c3nc(-c4ccccc4)nc(-c4ccccc4)n3)cc(-c3cc(-c4ccccc4)c(-c4ccccc4)c(-c4ccccc4)c3-c3ccccc3)c2)cc1. The lowest BCUT2D eigenvalue weighted by Crippen LogP contribution is -2.01. The minimum absolute atomic E-state index is 0.607. The highest BCUT2D eigenvalue weighted by Gasteiger charge is 2.25. The number of hydrogen-bond donors (Lipinski definition) is 0. The van der Waals surface area contributed by atoms with E-state index in [1.54, 1.807) is 0 Å². The number of rotatable bonds is 9. The molecule has 10 aromatic rings. The summed E-state index contributed by atoms with van der Waals surface area (Å²) in [7, 11) is 0. The second kappa shape index (κ2) is 16.5. The Morgan fingerprint density at radius 1 is 0.183 bits per heavy atom. The van der Waals surface area contributed by atoms with Crippen LogP contribution in [0.25, 0.3) is 101 Å². The summed E-state index contributed by atoms with van der Waals surface area (Å²) in [6, 6.07) is 83.3. The van der Waals surface area contributed by atoms with Crippen molar-refractivity contribution in [2.75, 3.05) is 0 Å². The van der Waals surface area contributed by atoms with Crippen LogP contribution in [0.1, 0.15) is 0 Å². The van der Waals surface area contributed by atoms with Crippen molar-refractivity contribution in [3.05, 3.63) is 237 Å². The lowest BCUT2D eigenvalue weighted by Gasteiger charge is -2.25. The normalized spacial score (nSPS) is 11.0. The van der Waals surface area contributed by atoms with Gasteiger partial charge in [-0.05, 0) is 91.0 Å². The lowest BCUT2D eigenvalue weighted by atomic mass is 9.78. The summed E-state index contributed by atoms with van der Waals surface area (Å²) in [5.41, 5.74) is 16.4. The van der Waals surface area contributed by atoms with Crippen molar-refractivity contribution in [3.8, 4) is 101 Å². The van der Waals surface area contributed by atoms with E-state index in [1.165, 1.54) is 11.1 Å². The number of nitrogens with zero attached hydrogens (tertiary/aromatic N) is 3. The molecule has 0 aliphatic carbocycles. The molecule has 9 aromatic carbocycles. The van der Waals surface area contributed by atoms with Crippen molar-refractivity contribution in [3.63, 3.8) is 0 Å². The highest BCUT2D eigenvalue weighted by atomic mass is 15.0. The summed E-state index contributed by atoms with van der Waals surface area (Å²) in [5.74, 6) is 1.86.